The fraction of sp³-hybridized carbons (Fsp3) is 0.440. The highest BCUT2D eigenvalue weighted by Gasteiger charge is 2.24. The Balaban J connectivity index is 1.31. The van der Waals surface area contributed by atoms with E-state index >= 15 is 0 Å². The molecule has 2 aromatic heterocycles. The van der Waals surface area contributed by atoms with Crippen molar-refractivity contribution >= 4 is 38.7 Å². The van der Waals surface area contributed by atoms with Crippen LogP contribution in [-0.2, 0) is 16.0 Å². The van der Waals surface area contributed by atoms with Gasteiger partial charge in [-0.2, -0.15) is 0 Å². The number of hydrogen-bond acceptors (Lipinski definition) is 8. The van der Waals surface area contributed by atoms with Gasteiger partial charge in [0.1, 0.15) is 0 Å². The van der Waals surface area contributed by atoms with Crippen LogP contribution in [-0.4, -0.2) is 67.4 Å². The van der Waals surface area contributed by atoms with Gasteiger partial charge in [0.05, 0.1) is 41.0 Å². The Morgan fingerprint density at radius 1 is 1.15 bits per heavy atom. The minimum Gasteiger partial charge on any atom is -0.378 e. The van der Waals surface area contributed by atoms with Gasteiger partial charge < -0.3 is 14.4 Å². The van der Waals surface area contributed by atoms with E-state index in [1.54, 1.807) is 0 Å². The van der Waals surface area contributed by atoms with Crippen LogP contribution in [0.2, 0.25) is 0 Å². The number of rotatable bonds is 6. The molecule has 9 heteroatoms. The van der Waals surface area contributed by atoms with Gasteiger partial charge in [-0.05, 0) is 25.5 Å². The number of thiazole rings is 1. The van der Waals surface area contributed by atoms with Crippen LogP contribution in [0.4, 0.5) is 10.1 Å². The number of amides is 1. The largest absolute Gasteiger partial charge is 0.378 e. The number of hydrogen-bond donors (Lipinski definition) is 1. The lowest BCUT2D eigenvalue weighted by Crippen LogP contribution is -2.44. The molecule has 4 heterocycles. The van der Waals surface area contributed by atoms with Crippen LogP contribution in [0, 0.1) is 0 Å². The third kappa shape index (κ3) is 5.50. The quantitative estimate of drug-likeness (QED) is 0.537. The number of nitrogens with one attached hydrogen (secondary N) is 1. The summed E-state index contributed by atoms with van der Waals surface area (Å²) in [6, 6.07) is 12.3. The van der Waals surface area contributed by atoms with Gasteiger partial charge in [-0.1, -0.05) is 30.3 Å². The maximum absolute atomic E-state index is 13.2. The first-order chi connectivity index (χ1) is 16.5. The van der Waals surface area contributed by atoms with Crippen molar-refractivity contribution in [3.05, 3.63) is 52.3 Å². The van der Waals surface area contributed by atoms with Crippen LogP contribution in [0.15, 0.2) is 41.8 Å². The summed E-state index contributed by atoms with van der Waals surface area (Å²) in [7, 11) is 0. The van der Waals surface area contributed by atoms with Crippen molar-refractivity contribution in [2.45, 2.75) is 32.6 Å². The molecule has 0 radical (unpaired) electrons. The molecule has 2 atom stereocenters. The Kier molecular flexibility index (Phi) is 7.26. The minimum absolute atomic E-state index is 0.115. The van der Waals surface area contributed by atoms with Crippen LogP contribution in [0.25, 0.3) is 11.1 Å². The lowest BCUT2D eigenvalue weighted by molar-refractivity contribution is -0.0707. The monoisotopic (exact) mass is 498 g/mol. The van der Waals surface area contributed by atoms with Crippen molar-refractivity contribution in [3.63, 3.8) is 0 Å². The van der Waals surface area contributed by atoms with Gasteiger partial charge in [0, 0.05) is 43.7 Å². The highest BCUT2D eigenvalue weighted by molar-refractivity contribution is 7.19. The second-order valence-corrected chi connectivity index (χ2v) is 10.7. The van der Waals surface area contributed by atoms with Crippen molar-refractivity contribution < 1.29 is 14.3 Å². The molecule has 2 aliphatic heterocycles. The lowest BCUT2D eigenvalue weighted by Gasteiger charge is -2.34. The van der Waals surface area contributed by atoms with E-state index in [0.717, 1.165) is 54.5 Å². The van der Waals surface area contributed by atoms with Crippen LogP contribution in [0.3, 0.4) is 0 Å². The van der Waals surface area contributed by atoms with Crippen molar-refractivity contribution in [2.24, 2.45) is 0 Å². The second-order valence-electron chi connectivity index (χ2n) is 8.84. The van der Waals surface area contributed by atoms with E-state index < -0.39 is 0 Å². The van der Waals surface area contributed by atoms with Crippen molar-refractivity contribution in [3.8, 4) is 11.1 Å². The van der Waals surface area contributed by atoms with Gasteiger partial charge in [0.2, 0.25) is 0 Å². The zero-order chi connectivity index (χ0) is 23.5. The Morgan fingerprint density at radius 3 is 2.62 bits per heavy atom. The van der Waals surface area contributed by atoms with Gasteiger partial charge in [-0.15, -0.1) is 22.7 Å². The fourth-order valence-corrected chi connectivity index (χ4v) is 6.38. The van der Waals surface area contributed by atoms with Gasteiger partial charge in [0.25, 0.3) is 5.91 Å². The van der Waals surface area contributed by atoms with E-state index in [0.29, 0.717) is 23.2 Å². The van der Waals surface area contributed by atoms with E-state index in [1.165, 1.54) is 22.7 Å². The first-order valence-corrected chi connectivity index (χ1v) is 13.4. The van der Waals surface area contributed by atoms with Crippen molar-refractivity contribution in [1.29, 1.82) is 0 Å². The highest BCUT2D eigenvalue weighted by atomic mass is 32.1. The second kappa shape index (κ2) is 10.5. The number of aromatic nitrogens is 1. The number of carbonyl (C=O) groups is 1. The van der Waals surface area contributed by atoms with E-state index in [1.807, 2.05) is 29.6 Å². The molecule has 0 aliphatic carbocycles. The van der Waals surface area contributed by atoms with Crippen molar-refractivity contribution in [2.75, 3.05) is 49.6 Å². The number of ether oxygens (including phenoxy) is 2. The molecule has 1 amide bonds. The summed E-state index contributed by atoms with van der Waals surface area (Å²) >= 11 is 3.01. The maximum atomic E-state index is 13.2. The van der Waals surface area contributed by atoms with Gasteiger partial charge in [-0.25, -0.2) is 4.98 Å². The number of anilines is 2. The maximum Gasteiger partial charge on any atom is 0.267 e. The molecule has 0 unspecified atom stereocenters. The van der Waals surface area contributed by atoms with Crippen LogP contribution < -0.4 is 10.2 Å². The Labute approximate surface area is 208 Å². The van der Waals surface area contributed by atoms with E-state index in [2.05, 4.69) is 46.1 Å². The predicted molar refractivity (Wildman–Crippen MR) is 138 cm³/mol. The smallest absolute Gasteiger partial charge is 0.267 e. The van der Waals surface area contributed by atoms with Crippen LogP contribution >= 0.6 is 22.7 Å². The fourth-order valence-electron chi connectivity index (χ4n) is 4.56. The van der Waals surface area contributed by atoms with E-state index in [-0.39, 0.29) is 18.1 Å². The summed E-state index contributed by atoms with van der Waals surface area (Å²) < 4.78 is 11.4. The molecule has 0 saturated carbocycles. The summed E-state index contributed by atoms with van der Waals surface area (Å²) in [4.78, 5) is 23.2. The summed E-state index contributed by atoms with van der Waals surface area (Å²) in [5.41, 5.74) is 3.18. The van der Waals surface area contributed by atoms with Gasteiger partial charge >= 0.3 is 0 Å². The summed E-state index contributed by atoms with van der Waals surface area (Å²) in [6.45, 7) is 9.83. The topological polar surface area (TPSA) is 66.9 Å². The molecule has 2 fully saturated rings. The molecule has 0 spiro atoms. The molecule has 0 bridgehead atoms. The number of carbonyl (C=O) groups excluding carboxylic acids is 1. The predicted octanol–water partition coefficient (Wildman–Crippen LogP) is 4.57. The SMILES string of the molecule is C[C@@H]1CN(Cc2csc(NC(=O)c3cc(-c4ccccc4)c(N4CCOCC4)s3)n2)C[C@@H](C)O1. The van der Waals surface area contributed by atoms with E-state index in [4.69, 9.17) is 9.47 Å². The number of morpholine rings is 2. The zero-order valence-corrected chi connectivity index (χ0v) is 21.2. The molecule has 2 saturated heterocycles. The molecular formula is C25H30N4O3S2. The molecule has 1 N–H and O–H groups in total. The molecule has 5 rings (SSSR count). The molecule has 180 valence electrons. The lowest BCUT2D eigenvalue weighted by atomic mass is 10.1. The first kappa shape index (κ1) is 23.4. The highest BCUT2D eigenvalue weighted by Crippen LogP contribution is 2.39. The van der Waals surface area contributed by atoms with Gasteiger partial charge in [0.15, 0.2) is 5.13 Å². The Morgan fingerprint density at radius 2 is 1.88 bits per heavy atom. The molecule has 34 heavy (non-hydrogen) atoms. The third-order valence-corrected chi connectivity index (χ3v) is 7.97. The third-order valence-electron chi connectivity index (χ3n) is 5.97. The standard InChI is InChI=1S/C25H30N4O3S2/c1-17-13-28(14-18(2)32-17)15-20-16-33-25(26-20)27-23(30)22-12-21(19-6-4-3-5-7-19)24(34-22)29-8-10-31-11-9-29/h3-7,12,16-18H,8-11,13-15H2,1-2H3,(H,26,27,30)/t17-,18-/m1/s1. The number of thiophene rings is 1. The minimum atomic E-state index is -0.115. The number of nitrogens with zero attached hydrogens (tertiary/aromatic N) is 3. The molecule has 3 aromatic rings. The average molecular weight is 499 g/mol. The van der Waals surface area contributed by atoms with Crippen LogP contribution in [0.1, 0.15) is 29.2 Å². The van der Waals surface area contributed by atoms with E-state index in [9.17, 15) is 4.79 Å². The molecule has 2 aliphatic rings. The zero-order valence-electron chi connectivity index (χ0n) is 19.5. The van der Waals surface area contributed by atoms with Gasteiger partial charge in [-0.3, -0.25) is 15.0 Å². The number of benzene rings is 1. The first-order valence-electron chi connectivity index (χ1n) is 11.7. The van der Waals surface area contributed by atoms with Crippen molar-refractivity contribution in [1.82, 2.24) is 9.88 Å². The molecular weight excluding hydrogens is 468 g/mol. The Bertz CT molecular complexity index is 1100. The summed E-state index contributed by atoms with van der Waals surface area (Å²) in [5.74, 6) is -0.115. The molecule has 1 aromatic carbocycles. The summed E-state index contributed by atoms with van der Waals surface area (Å²) in [5, 5.41) is 6.81. The summed E-state index contributed by atoms with van der Waals surface area (Å²) in [6.07, 6.45) is 0.444. The van der Waals surface area contributed by atoms with Crippen LogP contribution in [0.5, 0.6) is 0 Å². The Hall–Kier alpha value is -2.30. The molecule has 7 nitrogen and oxygen atoms in total. The normalized spacial score (nSPS) is 21.5. The average Bonchev–Trinajstić information content (AvgIpc) is 3.47.